The topological polar surface area (TPSA) is 48.2 Å². The molecule has 0 unspecified atom stereocenters. The molecule has 2 aromatic carbocycles. The number of nitrogens with zero attached hydrogens (tertiary/aromatic N) is 1. The summed E-state index contributed by atoms with van der Waals surface area (Å²) < 4.78 is 31.1. The van der Waals surface area contributed by atoms with Crippen LogP contribution in [0.4, 0.5) is 14.5 Å². The van der Waals surface area contributed by atoms with Gasteiger partial charge in [-0.2, -0.15) is 13.3 Å². The number of ether oxygens (including phenoxy) is 1. The van der Waals surface area contributed by atoms with E-state index < -0.39 is 6.61 Å². The van der Waals surface area contributed by atoms with Crippen molar-refractivity contribution in [3.8, 4) is 5.75 Å². The Morgan fingerprint density at radius 1 is 0.971 bits per heavy atom. The van der Waals surface area contributed by atoms with Gasteiger partial charge in [-0.1, -0.05) is 51.2 Å². The minimum absolute atomic E-state index is 0.0220. The molecule has 34 heavy (non-hydrogen) atoms. The van der Waals surface area contributed by atoms with Crippen LogP contribution in [-0.2, 0) is 5.41 Å². The molecule has 0 spiro atoms. The highest BCUT2D eigenvalue weighted by Gasteiger charge is 2.21. The second-order valence-corrected chi connectivity index (χ2v) is 9.56. The third-order valence-corrected chi connectivity index (χ3v) is 5.50. The summed E-state index contributed by atoms with van der Waals surface area (Å²) in [6.45, 7) is 7.36. The summed E-state index contributed by atoms with van der Waals surface area (Å²) in [5.74, 6) is -0.370. The second kappa shape index (κ2) is 10.3. The van der Waals surface area contributed by atoms with Crippen LogP contribution in [0, 0.1) is 13.8 Å². The van der Waals surface area contributed by atoms with Crippen molar-refractivity contribution in [3.05, 3.63) is 89.2 Å². The van der Waals surface area contributed by atoms with E-state index in [0.29, 0.717) is 5.56 Å². The molecule has 0 bridgehead atoms. The molecule has 0 aliphatic rings. The summed E-state index contributed by atoms with van der Waals surface area (Å²) in [7, 11) is 0. The quantitative estimate of drug-likeness (QED) is 0.215. The van der Waals surface area contributed by atoms with Crippen LogP contribution in [0.3, 0.4) is 0 Å². The number of alkyl halides is 2. The standard InChI is InChI=1S/C27H28F2N2O2S/c1-17-14-18(2)16-21(15-17)30-25(34)23(31-12-10-20(11-13-31)27(3,4)5)24(32)19-6-8-22(9-7-19)33-26(28)29/h6-16,26H,1-5H3,(H-,30,32,34). The molecule has 0 aliphatic heterocycles. The van der Waals surface area contributed by atoms with Gasteiger partial charge in [-0.25, -0.2) is 0 Å². The fourth-order valence-corrected chi connectivity index (χ4v) is 3.89. The maximum atomic E-state index is 13.6. The summed E-state index contributed by atoms with van der Waals surface area (Å²) in [6.07, 6.45) is 3.61. The molecule has 4 nitrogen and oxygen atoms in total. The van der Waals surface area contributed by atoms with E-state index in [1.807, 2.05) is 44.2 Å². The third kappa shape index (κ3) is 6.38. The zero-order chi connectivity index (χ0) is 25.0. The molecule has 0 aliphatic carbocycles. The molecule has 1 heterocycles. The van der Waals surface area contributed by atoms with E-state index in [9.17, 15) is 13.9 Å². The van der Waals surface area contributed by atoms with Crippen molar-refractivity contribution in [3.63, 3.8) is 0 Å². The van der Waals surface area contributed by atoms with Gasteiger partial charge in [-0.05, 0) is 71.5 Å². The minimum Gasteiger partial charge on any atom is -0.867 e. The largest absolute Gasteiger partial charge is 0.867 e. The molecule has 1 N–H and O–H groups in total. The summed E-state index contributed by atoms with van der Waals surface area (Å²) >= 11 is 5.68. The van der Waals surface area contributed by atoms with Crippen LogP contribution in [0.2, 0.25) is 0 Å². The molecular formula is C27H28F2N2O2S. The van der Waals surface area contributed by atoms with Crippen LogP contribution in [0.5, 0.6) is 5.75 Å². The molecule has 0 fully saturated rings. The molecule has 0 amide bonds. The Balaban J connectivity index is 2.06. The number of anilines is 1. The summed E-state index contributed by atoms with van der Waals surface area (Å²) in [5, 5.41) is 16.7. The molecule has 0 radical (unpaired) electrons. The fourth-order valence-electron chi connectivity index (χ4n) is 3.57. The van der Waals surface area contributed by atoms with Gasteiger partial charge in [-0.3, -0.25) is 0 Å². The first kappa shape index (κ1) is 25.3. The Morgan fingerprint density at radius 2 is 1.53 bits per heavy atom. The highest BCUT2D eigenvalue weighted by molar-refractivity contribution is 7.81. The third-order valence-electron chi connectivity index (χ3n) is 5.20. The van der Waals surface area contributed by atoms with Crippen molar-refractivity contribution >= 4 is 34.3 Å². The Kier molecular flexibility index (Phi) is 7.67. The van der Waals surface area contributed by atoms with Crippen molar-refractivity contribution in [2.45, 2.75) is 46.6 Å². The van der Waals surface area contributed by atoms with E-state index >= 15 is 0 Å². The highest BCUT2D eigenvalue weighted by atomic mass is 32.1. The fraction of sp³-hybridized carbons (Fsp3) is 0.259. The van der Waals surface area contributed by atoms with Crippen LogP contribution < -0.4 is 19.7 Å². The zero-order valence-electron chi connectivity index (χ0n) is 19.9. The van der Waals surface area contributed by atoms with Gasteiger partial charge < -0.3 is 15.2 Å². The van der Waals surface area contributed by atoms with E-state index in [4.69, 9.17) is 12.2 Å². The number of hydrogen-bond acceptors (Lipinski definition) is 3. The van der Waals surface area contributed by atoms with Crippen molar-refractivity contribution in [1.29, 1.82) is 0 Å². The number of hydrogen-bond donors (Lipinski definition) is 1. The number of pyridine rings is 1. The van der Waals surface area contributed by atoms with E-state index in [-0.39, 0.29) is 27.6 Å². The van der Waals surface area contributed by atoms with Crippen LogP contribution in [0.25, 0.3) is 11.5 Å². The number of benzene rings is 2. The summed E-state index contributed by atoms with van der Waals surface area (Å²) in [6, 6.07) is 15.4. The predicted molar refractivity (Wildman–Crippen MR) is 134 cm³/mol. The first-order chi connectivity index (χ1) is 15.9. The molecule has 7 heteroatoms. The first-order valence-electron chi connectivity index (χ1n) is 10.8. The molecule has 3 aromatic rings. The van der Waals surface area contributed by atoms with E-state index in [2.05, 4.69) is 30.8 Å². The maximum Gasteiger partial charge on any atom is 0.387 e. The van der Waals surface area contributed by atoms with Crippen molar-refractivity contribution in [2.24, 2.45) is 0 Å². The Hall–Kier alpha value is -3.32. The predicted octanol–water partition coefficient (Wildman–Crippen LogP) is 5.62. The van der Waals surface area contributed by atoms with Crippen LogP contribution >= 0.6 is 12.2 Å². The lowest BCUT2D eigenvalue weighted by Gasteiger charge is -2.20. The van der Waals surface area contributed by atoms with Crippen LogP contribution in [0.1, 0.15) is 43.0 Å². The molecule has 0 atom stereocenters. The number of rotatable bonds is 6. The zero-order valence-corrected chi connectivity index (χ0v) is 20.7. The second-order valence-electron chi connectivity index (χ2n) is 9.16. The molecule has 0 saturated carbocycles. The first-order valence-corrected chi connectivity index (χ1v) is 11.2. The molecule has 3 rings (SSSR count). The number of aromatic nitrogens is 1. The van der Waals surface area contributed by atoms with Gasteiger partial charge in [0.05, 0.1) is 0 Å². The average Bonchev–Trinajstić information content (AvgIpc) is 2.73. The van der Waals surface area contributed by atoms with Crippen molar-refractivity contribution < 1.29 is 23.2 Å². The summed E-state index contributed by atoms with van der Waals surface area (Å²) in [5.41, 5.74) is 4.51. The molecule has 1 aromatic heterocycles. The van der Waals surface area contributed by atoms with Gasteiger partial charge in [0.15, 0.2) is 17.4 Å². The average molecular weight is 483 g/mol. The van der Waals surface area contributed by atoms with Crippen molar-refractivity contribution in [2.75, 3.05) is 5.32 Å². The lowest BCUT2D eigenvalue weighted by molar-refractivity contribution is -0.577. The number of thiocarbonyl (C=S) groups is 1. The lowest BCUT2D eigenvalue weighted by Crippen LogP contribution is -2.40. The monoisotopic (exact) mass is 482 g/mol. The normalized spacial score (nSPS) is 12.4. The number of halogens is 2. The van der Waals surface area contributed by atoms with Crippen LogP contribution in [-0.4, -0.2) is 11.6 Å². The molecule has 178 valence electrons. The lowest BCUT2D eigenvalue weighted by atomic mass is 9.88. The van der Waals surface area contributed by atoms with Gasteiger partial charge in [-0.15, -0.1) is 0 Å². The molecule has 0 saturated heterocycles. The van der Waals surface area contributed by atoms with E-state index in [1.54, 1.807) is 17.0 Å². The Labute approximate surface area is 204 Å². The SMILES string of the molecule is Cc1cc(C)cc(NC(=S)C(=C([O-])c2ccc(OC(F)F)cc2)[n+]2ccc(C(C)(C)C)cc2)c1. The number of nitrogens with one attached hydrogen (secondary N) is 1. The Bertz CT molecular complexity index is 1180. The minimum atomic E-state index is -2.94. The van der Waals surface area contributed by atoms with Gasteiger partial charge in [0.2, 0.25) is 5.70 Å². The molecular weight excluding hydrogens is 454 g/mol. The highest BCUT2D eigenvalue weighted by Crippen LogP contribution is 2.23. The van der Waals surface area contributed by atoms with Gasteiger partial charge in [0.25, 0.3) is 0 Å². The Morgan fingerprint density at radius 3 is 2.03 bits per heavy atom. The summed E-state index contributed by atoms with van der Waals surface area (Å²) in [4.78, 5) is 0.247. The van der Waals surface area contributed by atoms with Crippen LogP contribution in [0.15, 0.2) is 67.0 Å². The maximum absolute atomic E-state index is 13.6. The van der Waals surface area contributed by atoms with Gasteiger partial charge in [0.1, 0.15) is 5.75 Å². The van der Waals surface area contributed by atoms with E-state index in [0.717, 1.165) is 22.4 Å². The smallest absolute Gasteiger partial charge is 0.387 e. The number of aryl methyl sites for hydroxylation is 2. The van der Waals surface area contributed by atoms with Crippen molar-refractivity contribution in [1.82, 2.24) is 0 Å². The van der Waals surface area contributed by atoms with Gasteiger partial charge in [0, 0.05) is 17.8 Å². The van der Waals surface area contributed by atoms with Gasteiger partial charge >= 0.3 is 6.61 Å². The van der Waals surface area contributed by atoms with E-state index in [1.165, 1.54) is 24.3 Å².